The van der Waals surface area contributed by atoms with Gasteiger partial charge < -0.3 is 9.84 Å². The molecule has 0 spiro atoms. The number of ether oxygens (including phenoxy) is 1. The smallest absolute Gasteiger partial charge is 0.119 e. The van der Waals surface area contributed by atoms with Crippen LogP contribution in [0.1, 0.15) is 51.5 Å². The third kappa shape index (κ3) is 5.73. The van der Waals surface area contributed by atoms with E-state index in [4.69, 9.17) is 9.84 Å². The standard InChI is InChI=1S/C15H24O2/c1-12(2)14-7-9-15(10-8-14)17-11-5-4-6-13(3)16/h7-10,12-13,16H,4-6,11H2,1-3H3. The van der Waals surface area contributed by atoms with E-state index in [9.17, 15) is 0 Å². The second kappa shape index (κ2) is 7.33. The molecule has 0 saturated heterocycles. The van der Waals surface area contributed by atoms with E-state index in [-0.39, 0.29) is 6.10 Å². The van der Waals surface area contributed by atoms with Gasteiger partial charge in [-0.05, 0) is 49.8 Å². The highest BCUT2D eigenvalue weighted by molar-refractivity contribution is 5.28. The molecule has 0 heterocycles. The van der Waals surface area contributed by atoms with E-state index in [0.29, 0.717) is 5.92 Å². The van der Waals surface area contributed by atoms with Gasteiger partial charge in [-0.2, -0.15) is 0 Å². The molecule has 0 aromatic heterocycles. The molecule has 1 atom stereocenters. The Balaban J connectivity index is 2.23. The fourth-order valence-electron chi connectivity index (χ4n) is 1.68. The monoisotopic (exact) mass is 236 g/mol. The highest BCUT2D eigenvalue weighted by atomic mass is 16.5. The van der Waals surface area contributed by atoms with E-state index in [2.05, 4.69) is 26.0 Å². The summed E-state index contributed by atoms with van der Waals surface area (Å²) in [5.41, 5.74) is 1.34. The number of rotatable bonds is 7. The minimum absolute atomic E-state index is 0.194. The third-order valence-corrected chi connectivity index (χ3v) is 2.83. The summed E-state index contributed by atoms with van der Waals surface area (Å²) in [5.74, 6) is 1.50. The largest absolute Gasteiger partial charge is 0.494 e. The average molecular weight is 236 g/mol. The lowest BCUT2D eigenvalue weighted by Crippen LogP contribution is -2.02. The maximum Gasteiger partial charge on any atom is 0.119 e. The molecule has 0 fully saturated rings. The van der Waals surface area contributed by atoms with Crippen LogP contribution in [-0.4, -0.2) is 17.8 Å². The quantitative estimate of drug-likeness (QED) is 0.731. The van der Waals surface area contributed by atoms with Crippen LogP contribution in [0.3, 0.4) is 0 Å². The lowest BCUT2D eigenvalue weighted by Gasteiger charge is -2.09. The molecule has 0 aliphatic carbocycles. The molecule has 17 heavy (non-hydrogen) atoms. The Hall–Kier alpha value is -1.02. The highest BCUT2D eigenvalue weighted by Crippen LogP contribution is 2.18. The lowest BCUT2D eigenvalue weighted by atomic mass is 10.0. The summed E-state index contributed by atoms with van der Waals surface area (Å²) in [6.45, 7) is 6.93. The number of aliphatic hydroxyl groups excluding tert-OH is 1. The number of hydrogen-bond acceptors (Lipinski definition) is 2. The Morgan fingerprint density at radius 2 is 1.71 bits per heavy atom. The fraction of sp³-hybridized carbons (Fsp3) is 0.600. The van der Waals surface area contributed by atoms with Crippen molar-refractivity contribution in [3.8, 4) is 5.75 Å². The van der Waals surface area contributed by atoms with Crippen LogP contribution in [0, 0.1) is 0 Å². The summed E-state index contributed by atoms with van der Waals surface area (Å²) in [6.07, 6.45) is 2.68. The first kappa shape index (κ1) is 14.0. The predicted octanol–water partition coefficient (Wildman–Crippen LogP) is 3.74. The van der Waals surface area contributed by atoms with Crippen LogP contribution < -0.4 is 4.74 Å². The van der Waals surface area contributed by atoms with Crippen LogP contribution in [0.5, 0.6) is 5.75 Å². The molecule has 1 unspecified atom stereocenters. The number of benzene rings is 1. The van der Waals surface area contributed by atoms with E-state index < -0.39 is 0 Å². The molecule has 0 aliphatic rings. The molecule has 0 amide bonds. The first-order valence-electron chi connectivity index (χ1n) is 6.50. The maximum absolute atomic E-state index is 9.11. The molecule has 0 aliphatic heterocycles. The summed E-state index contributed by atoms with van der Waals surface area (Å²) in [6, 6.07) is 8.31. The van der Waals surface area contributed by atoms with Gasteiger partial charge >= 0.3 is 0 Å². The van der Waals surface area contributed by atoms with Crippen LogP contribution in [0.15, 0.2) is 24.3 Å². The Labute approximate surface area is 105 Å². The van der Waals surface area contributed by atoms with E-state index in [1.165, 1.54) is 5.56 Å². The SMILES string of the molecule is CC(O)CCCCOc1ccc(C(C)C)cc1. The van der Waals surface area contributed by atoms with Crippen molar-refractivity contribution in [2.75, 3.05) is 6.61 Å². The van der Waals surface area contributed by atoms with Crippen LogP contribution in [-0.2, 0) is 0 Å². The van der Waals surface area contributed by atoms with Crippen molar-refractivity contribution in [3.05, 3.63) is 29.8 Å². The molecule has 1 aromatic carbocycles. The van der Waals surface area contributed by atoms with E-state index >= 15 is 0 Å². The zero-order valence-corrected chi connectivity index (χ0v) is 11.1. The first-order valence-corrected chi connectivity index (χ1v) is 6.50. The lowest BCUT2D eigenvalue weighted by molar-refractivity contribution is 0.177. The van der Waals surface area contributed by atoms with Gasteiger partial charge in [-0.25, -0.2) is 0 Å². The summed E-state index contributed by atoms with van der Waals surface area (Å²) in [4.78, 5) is 0. The van der Waals surface area contributed by atoms with E-state index in [1.54, 1.807) is 0 Å². The van der Waals surface area contributed by atoms with Crippen molar-refractivity contribution < 1.29 is 9.84 Å². The minimum Gasteiger partial charge on any atom is -0.494 e. The van der Waals surface area contributed by atoms with Crippen molar-refractivity contribution in [1.82, 2.24) is 0 Å². The summed E-state index contributed by atoms with van der Waals surface area (Å²) >= 11 is 0. The predicted molar refractivity (Wildman–Crippen MR) is 71.6 cm³/mol. The zero-order valence-electron chi connectivity index (χ0n) is 11.1. The molecule has 0 saturated carbocycles. The number of unbranched alkanes of at least 4 members (excludes halogenated alkanes) is 1. The van der Waals surface area contributed by atoms with Gasteiger partial charge in [-0.15, -0.1) is 0 Å². The number of aliphatic hydroxyl groups is 1. The molecule has 0 bridgehead atoms. The van der Waals surface area contributed by atoms with Gasteiger partial charge in [0.25, 0.3) is 0 Å². The van der Waals surface area contributed by atoms with Crippen LogP contribution in [0.25, 0.3) is 0 Å². The van der Waals surface area contributed by atoms with Crippen LogP contribution in [0.4, 0.5) is 0 Å². The highest BCUT2D eigenvalue weighted by Gasteiger charge is 2.00. The van der Waals surface area contributed by atoms with Crippen molar-refractivity contribution in [3.63, 3.8) is 0 Å². The molecule has 1 aromatic rings. The molecule has 96 valence electrons. The Kier molecular flexibility index (Phi) is 6.06. The van der Waals surface area contributed by atoms with Crippen molar-refractivity contribution in [2.45, 2.75) is 52.1 Å². The van der Waals surface area contributed by atoms with Crippen molar-refractivity contribution in [2.24, 2.45) is 0 Å². The molecule has 0 radical (unpaired) electrons. The van der Waals surface area contributed by atoms with Gasteiger partial charge in [0, 0.05) is 0 Å². The molecular weight excluding hydrogens is 212 g/mol. The summed E-state index contributed by atoms with van der Waals surface area (Å²) in [7, 11) is 0. The van der Waals surface area contributed by atoms with E-state index in [1.807, 2.05) is 19.1 Å². The van der Waals surface area contributed by atoms with Crippen LogP contribution >= 0.6 is 0 Å². The summed E-state index contributed by atoms with van der Waals surface area (Å²) < 4.78 is 5.64. The maximum atomic E-state index is 9.11. The fourth-order valence-corrected chi connectivity index (χ4v) is 1.68. The second-order valence-electron chi connectivity index (χ2n) is 4.92. The average Bonchev–Trinajstić information content (AvgIpc) is 2.29. The molecular formula is C15H24O2. The topological polar surface area (TPSA) is 29.5 Å². The Bertz CT molecular complexity index is 301. The van der Waals surface area contributed by atoms with Gasteiger partial charge in [0.2, 0.25) is 0 Å². The molecule has 2 heteroatoms. The summed E-state index contributed by atoms with van der Waals surface area (Å²) in [5, 5.41) is 9.11. The number of hydrogen-bond donors (Lipinski definition) is 1. The molecule has 1 rings (SSSR count). The van der Waals surface area contributed by atoms with E-state index in [0.717, 1.165) is 31.6 Å². The van der Waals surface area contributed by atoms with Gasteiger partial charge in [0.15, 0.2) is 0 Å². The van der Waals surface area contributed by atoms with Crippen LogP contribution in [0.2, 0.25) is 0 Å². The Morgan fingerprint density at radius 3 is 2.24 bits per heavy atom. The Morgan fingerprint density at radius 1 is 1.06 bits per heavy atom. The van der Waals surface area contributed by atoms with Crippen molar-refractivity contribution >= 4 is 0 Å². The van der Waals surface area contributed by atoms with Gasteiger partial charge in [-0.1, -0.05) is 26.0 Å². The van der Waals surface area contributed by atoms with Gasteiger partial charge in [0.1, 0.15) is 5.75 Å². The second-order valence-corrected chi connectivity index (χ2v) is 4.92. The third-order valence-electron chi connectivity index (χ3n) is 2.83. The van der Waals surface area contributed by atoms with Gasteiger partial charge in [-0.3, -0.25) is 0 Å². The zero-order chi connectivity index (χ0) is 12.7. The molecule has 2 nitrogen and oxygen atoms in total. The van der Waals surface area contributed by atoms with Crippen molar-refractivity contribution in [1.29, 1.82) is 0 Å². The normalized spacial score (nSPS) is 12.8. The minimum atomic E-state index is -0.194. The molecule has 1 N–H and O–H groups in total. The van der Waals surface area contributed by atoms with Gasteiger partial charge in [0.05, 0.1) is 12.7 Å². The first-order chi connectivity index (χ1) is 8.09.